The van der Waals surface area contributed by atoms with Crippen LogP contribution in [0.2, 0.25) is 0 Å². The maximum absolute atomic E-state index is 14.0. The van der Waals surface area contributed by atoms with E-state index in [0.29, 0.717) is 46.6 Å². The van der Waals surface area contributed by atoms with Gasteiger partial charge in [0.15, 0.2) is 0 Å². The number of nitrogens with one attached hydrogen (secondary N) is 2. The molecule has 2 aromatic heterocycles. The predicted molar refractivity (Wildman–Crippen MR) is 137 cm³/mol. The molecule has 1 aliphatic carbocycles. The second-order valence-electron chi connectivity index (χ2n) is 9.18. The number of imidazole rings is 1. The highest BCUT2D eigenvalue weighted by Gasteiger charge is 2.28. The highest BCUT2D eigenvalue weighted by atomic mass is 19.1. The summed E-state index contributed by atoms with van der Waals surface area (Å²) >= 11 is 0. The van der Waals surface area contributed by atoms with E-state index in [1.807, 2.05) is 30.3 Å². The van der Waals surface area contributed by atoms with E-state index in [4.69, 9.17) is 4.98 Å². The van der Waals surface area contributed by atoms with E-state index in [2.05, 4.69) is 15.3 Å². The molecular weight excluding hydrogens is 457 g/mol. The summed E-state index contributed by atoms with van der Waals surface area (Å²) in [4.78, 5) is 38.2. The minimum Gasteiger partial charge on any atom is -0.342 e. The van der Waals surface area contributed by atoms with Crippen LogP contribution in [0.5, 0.6) is 0 Å². The van der Waals surface area contributed by atoms with Gasteiger partial charge in [0.1, 0.15) is 17.5 Å². The molecule has 36 heavy (non-hydrogen) atoms. The molecule has 0 aliphatic heterocycles. The van der Waals surface area contributed by atoms with Gasteiger partial charge < -0.3 is 10.3 Å². The summed E-state index contributed by atoms with van der Waals surface area (Å²) in [5, 5.41) is 3.54. The monoisotopic (exact) mass is 481 g/mol. The fourth-order valence-corrected chi connectivity index (χ4v) is 4.57. The van der Waals surface area contributed by atoms with Gasteiger partial charge in [-0.1, -0.05) is 30.3 Å². The van der Waals surface area contributed by atoms with Crippen molar-refractivity contribution in [1.29, 1.82) is 0 Å². The maximum Gasteiger partial charge on any atom is 0.261 e. The first-order valence-electron chi connectivity index (χ1n) is 12.1. The number of nitrogens with zero attached hydrogens (tertiary/aromatic N) is 3. The van der Waals surface area contributed by atoms with Crippen molar-refractivity contribution in [2.75, 3.05) is 5.32 Å². The number of aromatic nitrogens is 4. The number of hydrogen-bond donors (Lipinski definition) is 2. The van der Waals surface area contributed by atoms with E-state index >= 15 is 0 Å². The highest BCUT2D eigenvalue weighted by Crippen LogP contribution is 2.35. The Balaban J connectivity index is 1.16. The number of rotatable bonds is 7. The second kappa shape index (κ2) is 9.03. The Bertz CT molecular complexity index is 1670. The molecule has 6 rings (SSSR count). The van der Waals surface area contributed by atoms with Crippen LogP contribution in [0.15, 0.2) is 71.5 Å². The van der Waals surface area contributed by atoms with Crippen LogP contribution >= 0.6 is 0 Å². The van der Waals surface area contributed by atoms with Gasteiger partial charge in [-0.25, -0.2) is 14.4 Å². The summed E-state index contributed by atoms with van der Waals surface area (Å²) in [6, 6.07) is 19.6. The second-order valence-corrected chi connectivity index (χ2v) is 9.18. The molecule has 0 bridgehead atoms. The molecule has 8 heteroatoms. The van der Waals surface area contributed by atoms with Crippen molar-refractivity contribution < 1.29 is 9.18 Å². The van der Waals surface area contributed by atoms with E-state index in [0.717, 1.165) is 23.9 Å². The molecule has 0 unspecified atom stereocenters. The van der Waals surface area contributed by atoms with Gasteiger partial charge in [-0.2, -0.15) is 0 Å². The van der Waals surface area contributed by atoms with Crippen LogP contribution in [-0.2, 0) is 17.6 Å². The van der Waals surface area contributed by atoms with Crippen molar-refractivity contribution in [2.24, 2.45) is 0 Å². The zero-order chi connectivity index (χ0) is 24.6. The van der Waals surface area contributed by atoms with Crippen LogP contribution in [-0.4, -0.2) is 25.4 Å². The third-order valence-electron chi connectivity index (χ3n) is 6.50. The molecule has 2 heterocycles. The summed E-state index contributed by atoms with van der Waals surface area (Å²) in [7, 11) is 0. The Morgan fingerprint density at radius 1 is 1.03 bits per heavy atom. The Morgan fingerprint density at radius 3 is 2.67 bits per heavy atom. The van der Waals surface area contributed by atoms with Crippen LogP contribution in [0.25, 0.3) is 21.9 Å². The topological polar surface area (TPSA) is 92.7 Å². The molecule has 1 saturated carbocycles. The van der Waals surface area contributed by atoms with Crippen molar-refractivity contribution >= 4 is 33.5 Å². The van der Waals surface area contributed by atoms with Crippen molar-refractivity contribution in [3.63, 3.8) is 0 Å². The molecular formula is C28H24FN5O2. The van der Waals surface area contributed by atoms with E-state index in [9.17, 15) is 14.0 Å². The molecule has 0 radical (unpaired) electrons. The number of hydrogen-bond acceptors (Lipinski definition) is 4. The van der Waals surface area contributed by atoms with Crippen LogP contribution in [0.1, 0.15) is 42.5 Å². The average molecular weight is 482 g/mol. The van der Waals surface area contributed by atoms with E-state index in [1.165, 1.54) is 6.07 Å². The summed E-state index contributed by atoms with van der Waals surface area (Å²) in [5.41, 5.74) is 3.34. The van der Waals surface area contributed by atoms with Crippen LogP contribution in [0, 0.1) is 5.82 Å². The molecule has 180 valence electrons. The number of carbonyl (C=O) groups is 1. The number of fused-ring (bicyclic) bond motifs is 2. The number of anilines is 1. The Morgan fingerprint density at radius 2 is 1.83 bits per heavy atom. The van der Waals surface area contributed by atoms with Crippen molar-refractivity contribution in [2.45, 2.75) is 38.1 Å². The van der Waals surface area contributed by atoms with Gasteiger partial charge in [0.2, 0.25) is 5.91 Å². The van der Waals surface area contributed by atoms with Gasteiger partial charge >= 0.3 is 0 Å². The lowest BCUT2D eigenvalue weighted by Gasteiger charge is -2.13. The molecule has 1 aliphatic rings. The number of carbonyl (C=O) groups excluding carboxylic acids is 1. The van der Waals surface area contributed by atoms with Crippen molar-refractivity contribution in [3.8, 4) is 0 Å². The molecule has 2 N–H and O–H groups in total. The number of aromatic amines is 1. The van der Waals surface area contributed by atoms with Crippen LogP contribution in [0.4, 0.5) is 10.1 Å². The Kier molecular flexibility index (Phi) is 5.56. The van der Waals surface area contributed by atoms with Crippen molar-refractivity contribution in [1.82, 2.24) is 19.5 Å². The van der Waals surface area contributed by atoms with Crippen LogP contribution < -0.4 is 10.9 Å². The first-order chi connectivity index (χ1) is 17.5. The summed E-state index contributed by atoms with van der Waals surface area (Å²) in [6.45, 7) is 0. The zero-order valence-corrected chi connectivity index (χ0v) is 19.5. The molecule has 0 spiro atoms. The van der Waals surface area contributed by atoms with Gasteiger partial charge in [-0.3, -0.25) is 14.2 Å². The first-order valence-corrected chi connectivity index (χ1v) is 12.1. The van der Waals surface area contributed by atoms with E-state index in [1.54, 1.807) is 34.9 Å². The SMILES string of the molecule is O=C(CCc1nc2ccccc2c(=O)n1C1CC1)Nc1ccc2nc(Cc3ccccc3F)[nH]c2c1. The quantitative estimate of drug-likeness (QED) is 0.346. The maximum atomic E-state index is 14.0. The molecule has 7 nitrogen and oxygen atoms in total. The largest absolute Gasteiger partial charge is 0.342 e. The predicted octanol–water partition coefficient (Wildman–Crippen LogP) is 4.91. The Hall–Kier alpha value is -4.33. The highest BCUT2D eigenvalue weighted by molar-refractivity contribution is 5.93. The standard InChI is InChI=1S/C28H24FN5O2/c29-21-7-3-1-5-17(21)15-25-31-23-12-9-18(16-24(23)32-25)30-27(35)14-13-26-33-22-8-4-2-6-20(22)28(36)34(26)19-10-11-19/h1-9,12,16,19H,10-11,13-15H2,(H,30,35)(H,31,32). The smallest absolute Gasteiger partial charge is 0.261 e. The number of aryl methyl sites for hydroxylation is 1. The minimum atomic E-state index is -0.265. The molecule has 3 aromatic carbocycles. The first kappa shape index (κ1) is 22.2. The van der Waals surface area contributed by atoms with Gasteiger partial charge in [0.25, 0.3) is 5.56 Å². The average Bonchev–Trinajstić information content (AvgIpc) is 3.63. The lowest BCUT2D eigenvalue weighted by atomic mass is 10.1. The van der Waals surface area contributed by atoms with Gasteiger partial charge in [0, 0.05) is 31.0 Å². The lowest BCUT2D eigenvalue weighted by Crippen LogP contribution is -2.25. The number of H-pyrrole nitrogens is 1. The number of para-hydroxylation sites is 1. The van der Waals surface area contributed by atoms with Gasteiger partial charge in [-0.15, -0.1) is 0 Å². The number of benzene rings is 3. The van der Waals surface area contributed by atoms with Gasteiger partial charge in [0.05, 0.1) is 21.9 Å². The number of amides is 1. The summed E-state index contributed by atoms with van der Waals surface area (Å²) < 4.78 is 15.8. The third kappa shape index (κ3) is 4.37. The van der Waals surface area contributed by atoms with Crippen LogP contribution in [0.3, 0.4) is 0 Å². The summed E-state index contributed by atoms with van der Waals surface area (Å²) in [6.07, 6.45) is 2.85. The fraction of sp³-hybridized carbons (Fsp3) is 0.214. The molecule has 0 saturated heterocycles. The normalized spacial score (nSPS) is 13.4. The Labute approximate surface area is 206 Å². The third-order valence-corrected chi connectivity index (χ3v) is 6.50. The molecule has 1 fully saturated rings. The number of halogens is 1. The van der Waals surface area contributed by atoms with Gasteiger partial charge in [-0.05, 0) is 54.8 Å². The molecule has 1 amide bonds. The zero-order valence-electron chi connectivity index (χ0n) is 19.5. The lowest BCUT2D eigenvalue weighted by molar-refractivity contribution is -0.116. The van der Waals surface area contributed by atoms with Crippen molar-refractivity contribution in [3.05, 3.63) is 100 Å². The van der Waals surface area contributed by atoms with E-state index in [-0.39, 0.29) is 29.7 Å². The van der Waals surface area contributed by atoms with E-state index < -0.39 is 0 Å². The molecule has 0 atom stereocenters. The molecule has 5 aromatic rings. The minimum absolute atomic E-state index is 0.0330. The summed E-state index contributed by atoms with van der Waals surface area (Å²) in [5.74, 6) is 0.876. The fourth-order valence-electron chi connectivity index (χ4n) is 4.57.